The average Bonchev–Trinajstić information content (AvgIpc) is 2.59. The van der Waals surface area contributed by atoms with Gasteiger partial charge in [-0.2, -0.15) is 5.10 Å². The molecule has 1 unspecified atom stereocenters. The normalized spacial score (nSPS) is 12.5. The second kappa shape index (κ2) is 5.67. The van der Waals surface area contributed by atoms with Crippen molar-refractivity contribution in [2.24, 2.45) is 0 Å². The van der Waals surface area contributed by atoms with Gasteiger partial charge in [-0.3, -0.25) is 9.89 Å². The molecule has 1 amide bonds. The Hall–Kier alpha value is -1.56. The number of methoxy groups -OCH3 is 1. The van der Waals surface area contributed by atoms with E-state index in [1.165, 1.54) is 0 Å². The Morgan fingerprint density at radius 2 is 2.29 bits per heavy atom. The molecule has 0 aliphatic heterocycles. The number of ether oxygens (including phenoxy) is 1. The van der Waals surface area contributed by atoms with Gasteiger partial charge in [0.05, 0.1) is 12.6 Å². The van der Waals surface area contributed by atoms with E-state index in [0.29, 0.717) is 24.4 Å². The molecule has 6 heteroatoms. The molecule has 96 valence electrons. The van der Waals surface area contributed by atoms with Gasteiger partial charge in [-0.25, -0.2) is 0 Å². The molecule has 0 aromatic carbocycles. The van der Waals surface area contributed by atoms with Crippen molar-refractivity contribution in [3.63, 3.8) is 0 Å². The molecule has 0 bridgehead atoms. The van der Waals surface area contributed by atoms with Crippen LogP contribution in [0.2, 0.25) is 0 Å². The van der Waals surface area contributed by atoms with Crippen LogP contribution in [0.1, 0.15) is 29.9 Å². The highest BCUT2D eigenvalue weighted by atomic mass is 16.5. The number of hydrogen-bond acceptors (Lipinski definition) is 4. The number of nitrogens with two attached hydrogens (primary N) is 1. The molecule has 6 nitrogen and oxygen atoms in total. The van der Waals surface area contributed by atoms with E-state index in [4.69, 9.17) is 10.5 Å². The molecule has 0 fully saturated rings. The van der Waals surface area contributed by atoms with Crippen molar-refractivity contribution >= 4 is 11.7 Å². The zero-order chi connectivity index (χ0) is 13.0. The van der Waals surface area contributed by atoms with Gasteiger partial charge >= 0.3 is 0 Å². The van der Waals surface area contributed by atoms with Crippen LogP contribution in [0.5, 0.6) is 0 Å². The molecule has 1 aromatic rings. The smallest absolute Gasteiger partial charge is 0.259 e. The van der Waals surface area contributed by atoms with Gasteiger partial charge in [0.2, 0.25) is 0 Å². The number of H-pyrrole nitrogens is 1. The zero-order valence-corrected chi connectivity index (χ0v) is 10.8. The molecule has 1 aromatic heterocycles. The van der Waals surface area contributed by atoms with Gasteiger partial charge in [-0.1, -0.05) is 0 Å². The Balaban J connectivity index is 2.94. The van der Waals surface area contributed by atoms with E-state index < -0.39 is 0 Å². The van der Waals surface area contributed by atoms with E-state index in [0.717, 1.165) is 0 Å². The third kappa shape index (κ3) is 2.76. The fourth-order valence-corrected chi connectivity index (χ4v) is 1.85. The maximum absolute atomic E-state index is 12.3. The highest BCUT2D eigenvalue weighted by Crippen LogP contribution is 2.16. The minimum atomic E-state index is -0.110. The van der Waals surface area contributed by atoms with Crippen molar-refractivity contribution in [2.45, 2.75) is 26.8 Å². The number of likely N-dealkylation sites (N-methyl/N-ethyl adjacent to an activating group) is 1. The van der Waals surface area contributed by atoms with E-state index in [-0.39, 0.29) is 17.8 Å². The Bertz CT molecular complexity index is 369. The lowest BCUT2D eigenvalue weighted by molar-refractivity contribution is 0.0579. The van der Waals surface area contributed by atoms with Gasteiger partial charge in [0.15, 0.2) is 5.82 Å². The van der Waals surface area contributed by atoms with E-state index in [1.807, 2.05) is 13.8 Å². The van der Waals surface area contributed by atoms with Crippen LogP contribution in [0.3, 0.4) is 0 Å². The Labute approximate surface area is 101 Å². The van der Waals surface area contributed by atoms with Crippen molar-refractivity contribution in [3.8, 4) is 0 Å². The molecule has 0 saturated carbocycles. The number of nitrogens with zero attached hydrogens (tertiary/aromatic N) is 2. The maximum atomic E-state index is 12.3. The van der Waals surface area contributed by atoms with Crippen LogP contribution in [0.4, 0.5) is 5.82 Å². The van der Waals surface area contributed by atoms with Gasteiger partial charge in [0.1, 0.15) is 5.56 Å². The standard InChI is InChI=1S/C11H20N4O2/c1-5-15(7(2)6-17-4)11(16)9-8(3)13-14-10(9)12/h7H,5-6H2,1-4H3,(H3,12,13,14). The summed E-state index contributed by atoms with van der Waals surface area (Å²) in [6, 6.07) is 0.00574. The number of anilines is 1. The van der Waals surface area contributed by atoms with Gasteiger partial charge in [-0.05, 0) is 20.8 Å². The molecule has 0 saturated heterocycles. The minimum Gasteiger partial charge on any atom is -0.383 e. The summed E-state index contributed by atoms with van der Waals surface area (Å²) in [4.78, 5) is 14.0. The highest BCUT2D eigenvalue weighted by Gasteiger charge is 2.24. The lowest BCUT2D eigenvalue weighted by Gasteiger charge is -2.27. The quantitative estimate of drug-likeness (QED) is 0.797. The summed E-state index contributed by atoms with van der Waals surface area (Å²) >= 11 is 0. The average molecular weight is 240 g/mol. The van der Waals surface area contributed by atoms with Crippen molar-refractivity contribution in [1.82, 2.24) is 15.1 Å². The molecule has 0 aliphatic rings. The molecule has 1 rings (SSSR count). The summed E-state index contributed by atoms with van der Waals surface area (Å²) in [7, 11) is 1.62. The molecule has 0 aliphatic carbocycles. The van der Waals surface area contributed by atoms with Crippen LogP contribution < -0.4 is 5.73 Å². The summed E-state index contributed by atoms with van der Waals surface area (Å²) in [5, 5.41) is 6.55. The van der Waals surface area contributed by atoms with Gasteiger partial charge < -0.3 is 15.4 Å². The number of amides is 1. The molecule has 1 heterocycles. The first kappa shape index (κ1) is 13.5. The third-order valence-electron chi connectivity index (χ3n) is 2.73. The summed E-state index contributed by atoms with van der Waals surface area (Å²) in [6.45, 7) is 6.75. The Kier molecular flexibility index (Phi) is 4.51. The second-order valence-corrected chi connectivity index (χ2v) is 4.00. The number of aryl methyl sites for hydroxylation is 1. The fraction of sp³-hybridized carbons (Fsp3) is 0.636. The summed E-state index contributed by atoms with van der Waals surface area (Å²) < 4.78 is 5.07. The molecule has 17 heavy (non-hydrogen) atoms. The van der Waals surface area contributed by atoms with Gasteiger partial charge in [0.25, 0.3) is 5.91 Å². The van der Waals surface area contributed by atoms with Crippen LogP contribution in [-0.4, -0.2) is 47.3 Å². The maximum Gasteiger partial charge on any atom is 0.259 e. The van der Waals surface area contributed by atoms with E-state index in [9.17, 15) is 4.79 Å². The summed E-state index contributed by atoms with van der Waals surface area (Å²) in [6.07, 6.45) is 0. The third-order valence-corrected chi connectivity index (χ3v) is 2.73. The minimum absolute atomic E-state index is 0.00574. The number of aromatic nitrogens is 2. The number of nitrogen functional groups attached to an aromatic ring is 1. The van der Waals surface area contributed by atoms with Crippen LogP contribution in [0.15, 0.2) is 0 Å². The van der Waals surface area contributed by atoms with Crippen LogP contribution in [-0.2, 0) is 4.74 Å². The van der Waals surface area contributed by atoms with Crippen molar-refractivity contribution in [3.05, 3.63) is 11.3 Å². The molecular formula is C11H20N4O2. The number of hydrogen-bond donors (Lipinski definition) is 2. The Morgan fingerprint density at radius 3 is 2.71 bits per heavy atom. The van der Waals surface area contributed by atoms with Crippen LogP contribution in [0.25, 0.3) is 0 Å². The van der Waals surface area contributed by atoms with Crippen LogP contribution >= 0.6 is 0 Å². The van der Waals surface area contributed by atoms with Crippen molar-refractivity contribution < 1.29 is 9.53 Å². The summed E-state index contributed by atoms with van der Waals surface area (Å²) in [5.74, 6) is 0.136. The molecule has 0 spiro atoms. The molecule has 1 atom stereocenters. The fourth-order valence-electron chi connectivity index (χ4n) is 1.85. The van der Waals surface area contributed by atoms with Gasteiger partial charge in [-0.15, -0.1) is 0 Å². The number of carbonyl (C=O) groups excluding carboxylic acids is 1. The molecular weight excluding hydrogens is 220 g/mol. The SMILES string of the molecule is CCN(C(=O)c1c(N)n[nH]c1C)C(C)COC. The van der Waals surface area contributed by atoms with Crippen molar-refractivity contribution in [1.29, 1.82) is 0 Å². The molecule has 0 radical (unpaired) electrons. The Morgan fingerprint density at radius 1 is 1.65 bits per heavy atom. The first-order valence-electron chi connectivity index (χ1n) is 5.63. The molecule has 3 N–H and O–H groups in total. The monoisotopic (exact) mass is 240 g/mol. The van der Waals surface area contributed by atoms with Crippen molar-refractivity contribution in [2.75, 3.05) is 26.0 Å². The second-order valence-electron chi connectivity index (χ2n) is 4.00. The zero-order valence-electron chi connectivity index (χ0n) is 10.8. The first-order valence-corrected chi connectivity index (χ1v) is 5.63. The highest BCUT2D eigenvalue weighted by molar-refractivity contribution is 5.99. The summed E-state index contributed by atoms with van der Waals surface area (Å²) in [5.41, 5.74) is 6.83. The number of carbonyl (C=O) groups is 1. The number of nitrogens with one attached hydrogen (secondary N) is 1. The largest absolute Gasteiger partial charge is 0.383 e. The van der Waals surface area contributed by atoms with Crippen LogP contribution in [0, 0.1) is 6.92 Å². The van der Waals surface area contributed by atoms with Gasteiger partial charge in [0, 0.05) is 19.3 Å². The number of aromatic amines is 1. The van der Waals surface area contributed by atoms with E-state index in [1.54, 1.807) is 18.9 Å². The van der Waals surface area contributed by atoms with E-state index >= 15 is 0 Å². The predicted molar refractivity (Wildman–Crippen MR) is 65.8 cm³/mol. The lowest BCUT2D eigenvalue weighted by atomic mass is 10.2. The first-order chi connectivity index (χ1) is 8.02. The van der Waals surface area contributed by atoms with E-state index in [2.05, 4.69) is 10.2 Å². The predicted octanol–water partition coefficient (Wildman–Crippen LogP) is 0.797. The topological polar surface area (TPSA) is 84.2 Å². The lowest BCUT2D eigenvalue weighted by Crippen LogP contribution is -2.41. The number of rotatable bonds is 5.